The molecule has 0 aromatic rings. The average Bonchev–Trinajstić information content (AvgIpc) is 2.10. The summed E-state index contributed by atoms with van der Waals surface area (Å²) < 4.78 is 4.56. The van der Waals surface area contributed by atoms with Gasteiger partial charge in [-0.25, -0.2) is 0 Å². The molecule has 0 aliphatic heterocycles. The van der Waals surface area contributed by atoms with E-state index in [4.69, 9.17) is 0 Å². The zero-order valence-electron chi connectivity index (χ0n) is 8.47. The van der Waals surface area contributed by atoms with E-state index in [-0.39, 0.29) is 10.8 Å². The van der Waals surface area contributed by atoms with Gasteiger partial charge in [-0.05, 0) is 18.9 Å². The number of rotatable bonds is 6. The number of ether oxygens (including phenoxy) is 1. The summed E-state index contributed by atoms with van der Waals surface area (Å²) in [5.74, 6) is 0.469. The molecule has 0 spiro atoms. The molecule has 0 saturated heterocycles. The van der Waals surface area contributed by atoms with Crippen molar-refractivity contribution >= 4 is 21.9 Å². The first-order valence-corrected chi connectivity index (χ1v) is 5.42. The van der Waals surface area contributed by atoms with Crippen molar-refractivity contribution < 1.29 is 9.53 Å². The molecule has 0 amide bonds. The Hall–Kier alpha value is -0.0900. The van der Waals surface area contributed by atoms with Gasteiger partial charge in [0.1, 0.15) is 4.83 Å². The highest BCUT2D eigenvalue weighted by Crippen LogP contribution is 2.01. The van der Waals surface area contributed by atoms with Crippen molar-refractivity contribution in [2.75, 3.05) is 20.2 Å². The van der Waals surface area contributed by atoms with E-state index in [0.717, 1.165) is 13.0 Å². The first kappa shape index (κ1) is 12.9. The molecule has 1 unspecified atom stereocenters. The molecule has 0 radical (unpaired) electrons. The number of nitrogens with one attached hydrogen (secondary N) is 1. The molecule has 0 fully saturated rings. The third-order valence-electron chi connectivity index (χ3n) is 1.68. The minimum Gasteiger partial charge on any atom is -0.468 e. The fourth-order valence-electron chi connectivity index (χ4n) is 0.831. The second kappa shape index (κ2) is 7.33. The van der Waals surface area contributed by atoms with E-state index in [1.165, 1.54) is 7.11 Å². The second-order valence-corrected chi connectivity index (χ2v) is 4.48. The molecule has 0 saturated carbocycles. The van der Waals surface area contributed by atoms with Crippen molar-refractivity contribution in [3.63, 3.8) is 0 Å². The summed E-state index contributed by atoms with van der Waals surface area (Å²) in [5, 5.41) is 3.18. The lowest BCUT2D eigenvalue weighted by Crippen LogP contribution is -2.30. The van der Waals surface area contributed by atoms with E-state index >= 15 is 0 Å². The molecular weight excluding hydrogens is 234 g/mol. The standard InChI is InChI=1S/C9H18BrNO2/c1-7(2)4-5-11-6-8(10)9(12)13-3/h7-8,11H,4-6H2,1-3H3. The van der Waals surface area contributed by atoms with Crippen LogP contribution >= 0.6 is 15.9 Å². The summed E-state index contributed by atoms with van der Waals surface area (Å²) in [5.41, 5.74) is 0. The lowest BCUT2D eigenvalue weighted by atomic mass is 10.1. The van der Waals surface area contributed by atoms with Crippen LogP contribution in [0.2, 0.25) is 0 Å². The highest BCUT2D eigenvalue weighted by molar-refractivity contribution is 9.10. The number of alkyl halides is 1. The van der Waals surface area contributed by atoms with Crippen LogP contribution in [0.1, 0.15) is 20.3 Å². The van der Waals surface area contributed by atoms with E-state index < -0.39 is 0 Å². The van der Waals surface area contributed by atoms with Gasteiger partial charge < -0.3 is 10.1 Å². The maximum absolute atomic E-state index is 10.9. The zero-order valence-corrected chi connectivity index (χ0v) is 10.1. The Balaban J connectivity index is 3.37. The van der Waals surface area contributed by atoms with Gasteiger partial charge >= 0.3 is 5.97 Å². The summed E-state index contributed by atoms with van der Waals surface area (Å²) in [6, 6.07) is 0. The summed E-state index contributed by atoms with van der Waals surface area (Å²) in [6.07, 6.45) is 1.13. The molecule has 0 bridgehead atoms. The SMILES string of the molecule is COC(=O)C(Br)CNCCC(C)C. The van der Waals surface area contributed by atoms with Crippen molar-refractivity contribution in [2.45, 2.75) is 25.1 Å². The van der Waals surface area contributed by atoms with Crippen LogP contribution in [-0.4, -0.2) is 31.0 Å². The number of methoxy groups -OCH3 is 1. The molecule has 0 heterocycles. The van der Waals surface area contributed by atoms with Crippen LogP contribution < -0.4 is 5.32 Å². The van der Waals surface area contributed by atoms with E-state index in [2.05, 4.69) is 39.8 Å². The average molecular weight is 252 g/mol. The van der Waals surface area contributed by atoms with Crippen molar-refractivity contribution in [1.82, 2.24) is 5.32 Å². The highest BCUT2D eigenvalue weighted by atomic mass is 79.9. The Kier molecular flexibility index (Phi) is 7.28. The van der Waals surface area contributed by atoms with E-state index in [9.17, 15) is 4.79 Å². The minimum atomic E-state index is -0.232. The van der Waals surface area contributed by atoms with Crippen molar-refractivity contribution in [2.24, 2.45) is 5.92 Å². The van der Waals surface area contributed by atoms with Gasteiger partial charge in [0, 0.05) is 6.54 Å². The third-order valence-corrected chi connectivity index (χ3v) is 2.38. The molecule has 0 rings (SSSR count). The van der Waals surface area contributed by atoms with E-state index in [1.807, 2.05) is 0 Å². The quantitative estimate of drug-likeness (QED) is 0.443. The smallest absolute Gasteiger partial charge is 0.320 e. The Bertz CT molecular complexity index is 151. The van der Waals surface area contributed by atoms with Gasteiger partial charge in [0.25, 0.3) is 0 Å². The number of hydrogen-bond acceptors (Lipinski definition) is 3. The van der Waals surface area contributed by atoms with Crippen LogP contribution in [0.4, 0.5) is 0 Å². The van der Waals surface area contributed by atoms with Crippen LogP contribution in [0.15, 0.2) is 0 Å². The van der Waals surface area contributed by atoms with Gasteiger partial charge in [-0.1, -0.05) is 29.8 Å². The van der Waals surface area contributed by atoms with E-state index in [0.29, 0.717) is 12.5 Å². The van der Waals surface area contributed by atoms with Crippen LogP contribution in [-0.2, 0) is 9.53 Å². The topological polar surface area (TPSA) is 38.3 Å². The fraction of sp³-hybridized carbons (Fsp3) is 0.889. The predicted octanol–water partition coefficient (Wildman–Crippen LogP) is 1.56. The minimum absolute atomic E-state index is 0.225. The molecule has 13 heavy (non-hydrogen) atoms. The van der Waals surface area contributed by atoms with Crippen LogP contribution in [0.3, 0.4) is 0 Å². The van der Waals surface area contributed by atoms with Crippen molar-refractivity contribution in [3.8, 4) is 0 Å². The van der Waals surface area contributed by atoms with Crippen LogP contribution in [0.25, 0.3) is 0 Å². The molecule has 78 valence electrons. The van der Waals surface area contributed by atoms with Crippen molar-refractivity contribution in [3.05, 3.63) is 0 Å². The Labute approximate surface area is 88.4 Å². The summed E-state index contributed by atoms with van der Waals surface area (Å²) in [4.78, 5) is 10.7. The zero-order chi connectivity index (χ0) is 10.3. The molecule has 1 N–H and O–H groups in total. The lowest BCUT2D eigenvalue weighted by Gasteiger charge is -2.09. The largest absolute Gasteiger partial charge is 0.468 e. The molecule has 4 heteroatoms. The van der Waals surface area contributed by atoms with Crippen LogP contribution in [0, 0.1) is 5.92 Å². The first-order valence-electron chi connectivity index (χ1n) is 4.50. The maximum atomic E-state index is 10.9. The molecule has 0 aromatic carbocycles. The monoisotopic (exact) mass is 251 g/mol. The van der Waals surface area contributed by atoms with Gasteiger partial charge in [0.05, 0.1) is 7.11 Å². The van der Waals surface area contributed by atoms with Gasteiger partial charge in [-0.3, -0.25) is 4.79 Å². The molecular formula is C9H18BrNO2. The first-order chi connectivity index (χ1) is 6.07. The Morgan fingerprint density at radius 3 is 2.62 bits per heavy atom. The highest BCUT2D eigenvalue weighted by Gasteiger charge is 2.13. The predicted molar refractivity (Wildman–Crippen MR) is 57.1 cm³/mol. The number of carbonyl (C=O) groups excluding carboxylic acids is 1. The molecule has 0 aromatic heterocycles. The third kappa shape index (κ3) is 7.02. The van der Waals surface area contributed by atoms with Gasteiger partial charge in [0.2, 0.25) is 0 Å². The number of halogens is 1. The molecule has 3 nitrogen and oxygen atoms in total. The normalized spacial score (nSPS) is 13.0. The number of hydrogen-bond donors (Lipinski definition) is 1. The molecule has 0 aliphatic carbocycles. The lowest BCUT2D eigenvalue weighted by molar-refractivity contribution is -0.139. The number of esters is 1. The molecule has 1 atom stereocenters. The van der Waals surface area contributed by atoms with Gasteiger partial charge in [-0.2, -0.15) is 0 Å². The Morgan fingerprint density at radius 2 is 2.15 bits per heavy atom. The van der Waals surface area contributed by atoms with Crippen molar-refractivity contribution in [1.29, 1.82) is 0 Å². The molecule has 0 aliphatic rings. The number of carbonyl (C=O) groups is 1. The summed E-state index contributed by atoms with van der Waals surface area (Å²) >= 11 is 3.23. The van der Waals surface area contributed by atoms with E-state index in [1.54, 1.807) is 0 Å². The van der Waals surface area contributed by atoms with Gasteiger partial charge in [0.15, 0.2) is 0 Å². The maximum Gasteiger partial charge on any atom is 0.320 e. The second-order valence-electron chi connectivity index (χ2n) is 3.38. The summed E-state index contributed by atoms with van der Waals surface area (Å²) in [6.45, 7) is 5.91. The Morgan fingerprint density at radius 1 is 1.54 bits per heavy atom. The summed E-state index contributed by atoms with van der Waals surface area (Å²) in [7, 11) is 1.39. The van der Waals surface area contributed by atoms with Crippen LogP contribution in [0.5, 0.6) is 0 Å². The van der Waals surface area contributed by atoms with Gasteiger partial charge in [-0.15, -0.1) is 0 Å². The fourth-order valence-corrected chi connectivity index (χ4v) is 1.25.